The molecule has 0 saturated carbocycles. The fraction of sp³-hybridized carbons (Fsp3) is 0.467. The van der Waals surface area contributed by atoms with Crippen LogP contribution in [-0.4, -0.2) is 60.9 Å². The zero-order chi connectivity index (χ0) is 18.6. The molecule has 0 bridgehead atoms. The number of nitrogens with zero attached hydrogens (tertiary/aromatic N) is 2. The average molecular weight is 379 g/mol. The Balaban J connectivity index is 1.88. The molecule has 1 heterocycles. The average Bonchev–Trinajstić information content (AvgIpc) is 2.49. The van der Waals surface area contributed by atoms with E-state index >= 15 is 0 Å². The minimum absolute atomic E-state index is 0.0362. The van der Waals surface area contributed by atoms with E-state index in [1.54, 1.807) is 0 Å². The molecule has 6 nitrogen and oxygen atoms in total. The van der Waals surface area contributed by atoms with Crippen LogP contribution < -0.4 is 11.1 Å². The van der Waals surface area contributed by atoms with Crippen molar-refractivity contribution in [3.8, 4) is 0 Å². The van der Waals surface area contributed by atoms with Crippen molar-refractivity contribution in [3.63, 3.8) is 0 Å². The second-order valence-electron chi connectivity index (χ2n) is 5.76. The maximum Gasteiger partial charge on any atom is 0.417 e. The van der Waals surface area contributed by atoms with E-state index in [0.717, 1.165) is 12.1 Å². The first-order valence-electron chi connectivity index (χ1n) is 7.55. The molecule has 10 heteroatoms. The lowest BCUT2D eigenvalue weighted by molar-refractivity contribution is -0.137. The summed E-state index contributed by atoms with van der Waals surface area (Å²) in [6.07, 6.45) is -4.59. The molecule has 138 valence electrons. The molecule has 2 rings (SSSR count). The Morgan fingerprint density at radius 3 is 2.20 bits per heavy atom. The van der Waals surface area contributed by atoms with E-state index in [4.69, 9.17) is 17.3 Å². The molecule has 0 spiro atoms. The molecule has 2 amide bonds. The van der Waals surface area contributed by atoms with Crippen LogP contribution in [-0.2, 0) is 15.8 Å². The zero-order valence-corrected chi connectivity index (χ0v) is 14.0. The van der Waals surface area contributed by atoms with Crippen LogP contribution in [0.2, 0.25) is 5.02 Å². The summed E-state index contributed by atoms with van der Waals surface area (Å²) >= 11 is 5.54. The number of benzene rings is 1. The van der Waals surface area contributed by atoms with Crippen LogP contribution in [0, 0.1) is 0 Å². The van der Waals surface area contributed by atoms with Crippen LogP contribution in [0.3, 0.4) is 0 Å². The van der Waals surface area contributed by atoms with Crippen molar-refractivity contribution >= 4 is 29.1 Å². The number of alkyl halides is 3. The summed E-state index contributed by atoms with van der Waals surface area (Å²) in [5.41, 5.74) is 4.17. The molecular formula is C15H18ClF3N4O2. The highest BCUT2D eigenvalue weighted by molar-refractivity contribution is 6.31. The molecule has 0 radical (unpaired) electrons. The van der Waals surface area contributed by atoms with Crippen LogP contribution in [0.15, 0.2) is 18.2 Å². The monoisotopic (exact) mass is 378 g/mol. The molecule has 1 aliphatic rings. The standard InChI is InChI=1S/C15H18ClF3N4O2/c16-12-2-1-10(7-11(12)15(17,18)19)21-14(25)9-23-5-3-22(4-6-23)8-13(20)24/h1-2,7H,3-6,8-9H2,(H2,20,24)(H,21,25). The first kappa shape index (κ1) is 19.5. The van der Waals surface area contributed by atoms with Crippen LogP contribution in [0.25, 0.3) is 0 Å². The van der Waals surface area contributed by atoms with Gasteiger partial charge in [-0.25, -0.2) is 0 Å². The normalized spacial score (nSPS) is 16.6. The first-order chi connectivity index (χ1) is 11.6. The number of anilines is 1. The van der Waals surface area contributed by atoms with Crippen molar-refractivity contribution in [2.45, 2.75) is 6.18 Å². The van der Waals surface area contributed by atoms with Gasteiger partial charge in [0.1, 0.15) is 0 Å². The van der Waals surface area contributed by atoms with Crippen LogP contribution in [0.4, 0.5) is 18.9 Å². The molecule has 3 N–H and O–H groups in total. The Hall–Kier alpha value is -1.84. The molecule has 0 unspecified atom stereocenters. The second kappa shape index (κ2) is 8.03. The van der Waals surface area contributed by atoms with Gasteiger partial charge in [-0.05, 0) is 18.2 Å². The molecule has 1 saturated heterocycles. The number of halogens is 4. The lowest BCUT2D eigenvalue weighted by atomic mass is 10.2. The lowest BCUT2D eigenvalue weighted by Crippen LogP contribution is -2.50. The number of primary amides is 1. The Morgan fingerprint density at radius 1 is 1.12 bits per heavy atom. The SMILES string of the molecule is NC(=O)CN1CCN(CC(=O)Nc2ccc(Cl)c(C(F)(F)F)c2)CC1. The van der Waals surface area contributed by atoms with E-state index in [9.17, 15) is 22.8 Å². The summed E-state index contributed by atoms with van der Waals surface area (Å²) in [4.78, 5) is 26.6. The van der Waals surface area contributed by atoms with E-state index in [1.165, 1.54) is 6.07 Å². The van der Waals surface area contributed by atoms with Crippen molar-refractivity contribution in [1.82, 2.24) is 9.80 Å². The van der Waals surface area contributed by atoms with Crippen molar-refractivity contribution in [1.29, 1.82) is 0 Å². The van der Waals surface area contributed by atoms with Crippen molar-refractivity contribution < 1.29 is 22.8 Å². The maximum atomic E-state index is 12.8. The van der Waals surface area contributed by atoms with Gasteiger partial charge in [0.15, 0.2) is 0 Å². The second-order valence-corrected chi connectivity index (χ2v) is 6.17. The van der Waals surface area contributed by atoms with Gasteiger partial charge in [-0.15, -0.1) is 0 Å². The largest absolute Gasteiger partial charge is 0.417 e. The Kier molecular flexibility index (Phi) is 6.26. The van der Waals surface area contributed by atoms with E-state index in [1.807, 2.05) is 9.80 Å². The minimum Gasteiger partial charge on any atom is -0.369 e. The summed E-state index contributed by atoms with van der Waals surface area (Å²) in [6.45, 7) is 2.54. The number of amides is 2. The van der Waals surface area contributed by atoms with Gasteiger partial charge >= 0.3 is 6.18 Å². The van der Waals surface area contributed by atoms with Crippen LogP contribution in [0.1, 0.15) is 5.56 Å². The minimum atomic E-state index is -4.59. The van der Waals surface area contributed by atoms with E-state index in [2.05, 4.69) is 5.32 Å². The number of hydrogen-bond donors (Lipinski definition) is 2. The van der Waals surface area contributed by atoms with Gasteiger partial charge in [-0.1, -0.05) is 11.6 Å². The topological polar surface area (TPSA) is 78.7 Å². The molecule has 1 aromatic rings. The van der Waals surface area contributed by atoms with Gasteiger partial charge < -0.3 is 11.1 Å². The number of piperazine rings is 1. The highest BCUT2D eigenvalue weighted by Gasteiger charge is 2.33. The molecule has 1 aromatic carbocycles. The molecule has 25 heavy (non-hydrogen) atoms. The molecule has 1 fully saturated rings. The van der Waals surface area contributed by atoms with Crippen LogP contribution in [0.5, 0.6) is 0 Å². The third kappa shape index (κ3) is 5.87. The van der Waals surface area contributed by atoms with Crippen molar-refractivity contribution in [3.05, 3.63) is 28.8 Å². The van der Waals surface area contributed by atoms with E-state index in [0.29, 0.717) is 26.2 Å². The molecule has 1 aliphatic heterocycles. The quantitative estimate of drug-likeness (QED) is 0.812. The number of carbonyl (C=O) groups is 2. The predicted molar refractivity (Wildman–Crippen MR) is 87.2 cm³/mol. The fourth-order valence-electron chi connectivity index (χ4n) is 2.55. The third-order valence-corrected chi connectivity index (χ3v) is 4.10. The van der Waals surface area contributed by atoms with Gasteiger partial charge in [0.25, 0.3) is 0 Å². The summed E-state index contributed by atoms with van der Waals surface area (Å²) < 4.78 is 38.5. The van der Waals surface area contributed by atoms with Crippen molar-refractivity contribution in [2.75, 3.05) is 44.6 Å². The third-order valence-electron chi connectivity index (χ3n) is 3.77. The Labute approximate surface area is 147 Å². The zero-order valence-electron chi connectivity index (χ0n) is 13.3. The number of nitrogens with one attached hydrogen (secondary N) is 1. The first-order valence-corrected chi connectivity index (χ1v) is 7.92. The van der Waals surface area contributed by atoms with Gasteiger partial charge in [-0.3, -0.25) is 19.4 Å². The molecule has 0 aliphatic carbocycles. The van der Waals surface area contributed by atoms with Crippen molar-refractivity contribution in [2.24, 2.45) is 5.73 Å². The van der Waals surface area contributed by atoms with Gasteiger partial charge in [0, 0.05) is 31.9 Å². The van der Waals surface area contributed by atoms with Crippen LogP contribution >= 0.6 is 11.6 Å². The number of rotatable bonds is 5. The number of hydrogen-bond acceptors (Lipinski definition) is 4. The van der Waals surface area contributed by atoms with E-state index < -0.39 is 28.6 Å². The van der Waals surface area contributed by atoms with E-state index in [-0.39, 0.29) is 18.8 Å². The highest BCUT2D eigenvalue weighted by atomic mass is 35.5. The number of nitrogens with two attached hydrogens (primary N) is 1. The van der Waals surface area contributed by atoms with Gasteiger partial charge in [0.2, 0.25) is 11.8 Å². The summed E-state index contributed by atoms with van der Waals surface area (Å²) in [5, 5.41) is 2.03. The summed E-state index contributed by atoms with van der Waals surface area (Å²) in [6, 6.07) is 3.23. The fourth-order valence-corrected chi connectivity index (χ4v) is 2.77. The maximum absolute atomic E-state index is 12.8. The summed E-state index contributed by atoms with van der Waals surface area (Å²) in [5.74, 6) is -0.826. The molecule has 0 aromatic heterocycles. The number of carbonyl (C=O) groups excluding carboxylic acids is 2. The smallest absolute Gasteiger partial charge is 0.369 e. The molecular weight excluding hydrogens is 361 g/mol. The van der Waals surface area contributed by atoms with Gasteiger partial charge in [-0.2, -0.15) is 13.2 Å². The Morgan fingerprint density at radius 2 is 1.68 bits per heavy atom. The highest BCUT2D eigenvalue weighted by Crippen LogP contribution is 2.36. The van der Waals surface area contributed by atoms with Gasteiger partial charge in [0.05, 0.1) is 23.7 Å². The molecule has 0 atom stereocenters. The predicted octanol–water partition coefficient (Wildman–Crippen LogP) is 1.40. The summed E-state index contributed by atoms with van der Waals surface area (Å²) in [7, 11) is 0. The Bertz CT molecular complexity index is 646. The lowest BCUT2D eigenvalue weighted by Gasteiger charge is -2.33.